The second-order valence-electron chi connectivity index (χ2n) is 11.5. The van der Waals surface area contributed by atoms with Gasteiger partial charge in [-0.2, -0.15) is 0 Å². The lowest BCUT2D eigenvalue weighted by Crippen LogP contribution is -2.73. The zero-order chi connectivity index (χ0) is 26.4. The van der Waals surface area contributed by atoms with Gasteiger partial charge in [-0.05, 0) is 61.4 Å². The third-order valence-corrected chi connectivity index (χ3v) is 8.83. The van der Waals surface area contributed by atoms with Crippen molar-refractivity contribution in [3.05, 3.63) is 60.2 Å². The summed E-state index contributed by atoms with van der Waals surface area (Å²) >= 11 is 0. The number of carbonyl (C=O) groups excluding carboxylic acids is 2. The van der Waals surface area contributed by atoms with Crippen LogP contribution in [0.2, 0.25) is 0 Å². The third-order valence-electron chi connectivity index (χ3n) is 8.83. The van der Waals surface area contributed by atoms with Crippen molar-refractivity contribution < 1.29 is 14.3 Å². The molecular weight excluding hydrogens is 510 g/mol. The first-order valence-electron chi connectivity index (χ1n) is 14.7. The van der Waals surface area contributed by atoms with Gasteiger partial charge in [0.05, 0.1) is 0 Å². The van der Waals surface area contributed by atoms with Crippen LogP contribution >= 0.6 is 12.4 Å². The maximum atomic E-state index is 13.7. The molecule has 0 unspecified atom stereocenters. The first kappa shape index (κ1) is 29.4. The second kappa shape index (κ2) is 13.7. The Morgan fingerprint density at radius 3 is 2.26 bits per heavy atom. The third kappa shape index (κ3) is 6.96. The standard InChI is InChI=1S/C32H43N3O3.ClH/c1-2-3-20-35-30(36)29(23-25-10-6-4-7-11-25)33-31(37)32(35)18-21-34(22-19-32)24-26-14-16-28(17-15-26)38-27-12-8-5-9-13-27;/h5,8-9,12-17,25,29H,2-4,6-7,10-11,18-24H2,1H3,(H,33,37);1H/t29-;/m0./s1. The highest BCUT2D eigenvalue weighted by Gasteiger charge is 2.53. The molecule has 6 nitrogen and oxygen atoms in total. The highest BCUT2D eigenvalue weighted by atomic mass is 35.5. The molecule has 1 aliphatic carbocycles. The van der Waals surface area contributed by atoms with E-state index in [-0.39, 0.29) is 30.3 Å². The molecule has 2 saturated heterocycles. The van der Waals surface area contributed by atoms with Crippen molar-refractivity contribution in [3.8, 4) is 11.5 Å². The Bertz CT molecular complexity index is 1060. The van der Waals surface area contributed by atoms with E-state index in [4.69, 9.17) is 4.74 Å². The number of ether oxygens (including phenoxy) is 1. The molecule has 0 bridgehead atoms. The smallest absolute Gasteiger partial charge is 0.246 e. The Hall–Kier alpha value is -2.57. The van der Waals surface area contributed by atoms with E-state index in [1.54, 1.807) is 0 Å². The second-order valence-corrected chi connectivity index (χ2v) is 11.5. The van der Waals surface area contributed by atoms with Crippen LogP contribution < -0.4 is 10.1 Å². The summed E-state index contributed by atoms with van der Waals surface area (Å²) in [5, 5.41) is 3.21. The number of nitrogens with one attached hydrogen (secondary N) is 1. The highest BCUT2D eigenvalue weighted by Crippen LogP contribution is 2.36. The van der Waals surface area contributed by atoms with E-state index in [1.807, 2.05) is 47.4 Å². The van der Waals surface area contributed by atoms with Crippen LogP contribution in [0, 0.1) is 5.92 Å². The van der Waals surface area contributed by atoms with Crippen LogP contribution in [0.3, 0.4) is 0 Å². The number of para-hydroxylation sites is 1. The molecule has 212 valence electrons. The molecule has 5 rings (SSSR count). The molecule has 2 aromatic rings. The summed E-state index contributed by atoms with van der Waals surface area (Å²) in [6.45, 7) is 5.28. The maximum Gasteiger partial charge on any atom is 0.246 e. The van der Waals surface area contributed by atoms with Gasteiger partial charge in [0.1, 0.15) is 23.1 Å². The monoisotopic (exact) mass is 553 g/mol. The summed E-state index contributed by atoms with van der Waals surface area (Å²) in [5.41, 5.74) is 0.528. The van der Waals surface area contributed by atoms with Gasteiger partial charge in [0, 0.05) is 26.2 Å². The number of piperazine rings is 1. The van der Waals surface area contributed by atoms with Gasteiger partial charge in [-0.1, -0.05) is 75.8 Å². The molecule has 39 heavy (non-hydrogen) atoms. The number of hydrogen-bond acceptors (Lipinski definition) is 4. The lowest BCUT2D eigenvalue weighted by atomic mass is 9.79. The number of likely N-dealkylation sites (tertiary alicyclic amines) is 1. The minimum absolute atomic E-state index is 0. The fourth-order valence-electron chi connectivity index (χ4n) is 6.56. The van der Waals surface area contributed by atoms with Crippen LogP contribution in [0.15, 0.2) is 54.6 Å². The van der Waals surface area contributed by atoms with Gasteiger partial charge in [-0.15, -0.1) is 12.4 Å². The van der Waals surface area contributed by atoms with Crippen molar-refractivity contribution in [2.45, 2.75) is 89.3 Å². The van der Waals surface area contributed by atoms with Crippen LogP contribution in [-0.4, -0.2) is 52.8 Å². The minimum Gasteiger partial charge on any atom is -0.457 e. The van der Waals surface area contributed by atoms with E-state index in [2.05, 4.69) is 29.3 Å². The van der Waals surface area contributed by atoms with Gasteiger partial charge in [0.15, 0.2) is 0 Å². The summed E-state index contributed by atoms with van der Waals surface area (Å²) in [6.07, 6.45) is 10.3. The fraction of sp³-hybridized carbons (Fsp3) is 0.562. The van der Waals surface area contributed by atoms with Crippen molar-refractivity contribution in [2.24, 2.45) is 5.92 Å². The predicted molar refractivity (Wildman–Crippen MR) is 157 cm³/mol. The summed E-state index contributed by atoms with van der Waals surface area (Å²) in [7, 11) is 0. The molecule has 0 aromatic heterocycles. The van der Waals surface area contributed by atoms with E-state index >= 15 is 0 Å². The summed E-state index contributed by atoms with van der Waals surface area (Å²) < 4.78 is 5.93. The Labute approximate surface area is 239 Å². The molecule has 3 aliphatic rings. The molecule has 2 amide bonds. The van der Waals surface area contributed by atoms with Crippen molar-refractivity contribution in [2.75, 3.05) is 19.6 Å². The van der Waals surface area contributed by atoms with E-state index in [9.17, 15) is 9.59 Å². The van der Waals surface area contributed by atoms with E-state index < -0.39 is 5.54 Å². The van der Waals surface area contributed by atoms with Gasteiger partial charge in [-0.25, -0.2) is 0 Å². The van der Waals surface area contributed by atoms with E-state index in [0.717, 1.165) is 50.4 Å². The minimum atomic E-state index is -0.695. The molecule has 7 heteroatoms. The average Bonchev–Trinajstić information content (AvgIpc) is 2.95. The Morgan fingerprint density at radius 2 is 1.59 bits per heavy atom. The van der Waals surface area contributed by atoms with Crippen LogP contribution in [0.1, 0.15) is 76.7 Å². The fourth-order valence-corrected chi connectivity index (χ4v) is 6.56. The number of halogens is 1. The average molecular weight is 554 g/mol. The van der Waals surface area contributed by atoms with Gasteiger partial charge in [-0.3, -0.25) is 14.5 Å². The van der Waals surface area contributed by atoms with Crippen LogP contribution in [-0.2, 0) is 16.1 Å². The lowest BCUT2D eigenvalue weighted by molar-refractivity contribution is -0.162. The molecule has 1 saturated carbocycles. The number of hydrogen-bond donors (Lipinski definition) is 1. The van der Waals surface area contributed by atoms with Gasteiger partial charge >= 0.3 is 0 Å². The quantitative estimate of drug-likeness (QED) is 0.394. The Kier molecular flexibility index (Phi) is 10.3. The van der Waals surface area contributed by atoms with Gasteiger partial charge < -0.3 is 15.0 Å². The molecule has 2 heterocycles. The van der Waals surface area contributed by atoms with Crippen LogP contribution in [0.25, 0.3) is 0 Å². The predicted octanol–water partition coefficient (Wildman–Crippen LogP) is 6.33. The van der Waals surface area contributed by atoms with E-state index in [1.165, 1.54) is 37.7 Å². The molecule has 3 fully saturated rings. The number of carbonyl (C=O) groups is 2. The van der Waals surface area contributed by atoms with E-state index in [0.29, 0.717) is 25.3 Å². The van der Waals surface area contributed by atoms with Crippen LogP contribution in [0.4, 0.5) is 0 Å². The zero-order valence-corrected chi connectivity index (χ0v) is 24.1. The number of unbranched alkanes of at least 4 members (excludes halogenated alkanes) is 1. The SMILES string of the molecule is CCCCN1C(=O)[C@H](CC2CCCCC2)NC(=O)C12CCN(Cc1ccc(Oc3ccccc3)cc1)CC2.Cl. The molecule has 1 N–H and O–H groups in total. The lowest BCUT2D eigenvalue weighted by Gasteiger charge is -2.52. The first-order chi connectivity index (χ1) is 18.6. The molecular formula is C32H44ClN3O3. The van der Waals surface area contributed by atoms with Crippen LogP contribution in [0.5, 0.6) is 11.5 Å². The van der Waals surface area contributed by atoms with Crippen molar-refractivity contribution in [1.82, 2.24) is 15.1 Å². The topological polar surface area (TPSA) is 61.9 Å². The maximum absolute atomic E-state index is 13.7. The molecule has 2 aliphatic heterocycles. The first-order valence-corrected chi connectivity index (χ1v) is 14.7. The molecule has 1 spiro atoms. The van der Waals surface area contributed by atoms with Gasteiger partial charge in [0.2, 0.25) is 11.8 Å². The summed E-state index contributed by atoms with van der Waals surface area (Å²) in [5.74, 6) is 2.45. The number of nitrogens with zero attached hydrogens (tertiary/aromatic N) is 2. The number of rotatable bonds is 9. The van der Waals surface area contributed by atoms with Crippen molar-refractivity contribution in [1.29, 1.82) is 0 Å². The van der Waals surface area contributed by atoms with Crippen molar-refractivity contribution >= 4 is 24.2 Å². The van der Waals surface area contributed by atoms with Crippen molar-refractivity contribution in [3.63, 3.8) is 0 Å². The van der Waals surface area contributed by atoms with Gasteiger partial charge in [0.25, 0.3) is 0 Å². The molecule has 2 aromatic carbocycles. The highest BCUT2D eigenvalue weighted by molar-refractivity contribution is 6.00. The largest absolute Gasteiger partial charge is 0.457 e. The molecule has 0 radical (unpaired) electrons. The normalized spacial score (nSPS) is 21.9. The Morgan fingerprint density at radius 1 is 0.923 bits per heavy atom. The number of amides is 2. The number of piperidine rings is 1. The number of benzene rings is 2. The Balaban J connectivity index is 0.00000353. The molecule has 1 atom stereocenters. The zero-order valence-electron chi connectivity index (χ0n) is 23.3. The summed E-state index contributed by atoms with van der Waals surface area (Å²) in [6, 6.07) is 17.7. The summed E-state index contributed by atoms with van der Waals surface area (Å²) in [4.78, 5) is 31.8.